The average Bonchev–Trinajstić information content (AvgIpc) is 3.32. The molecule has 7 aromatic rings. The van der Waals surface area contributed by atoms with Gasteiger partial charge in [-0.3, -0.25) is 0 Å². The van der Waals surface area contributed by atoms with Crippen molar-refractivity contribution < 1.29 is 0 Å². The van der Waals surface area contributed by atoms with E-state index < -0.39 is 0 Å². The molecule has 180 valence electrons. The first-order valence-electron chi connectivity index (χ1n) is 12.4. The highest BCUT2D eigenvalue weighted by molar-refractivity contribution is 6.31. The van der Waals surface area contributed by atoms with Gasteiger partial charge in [0, 0.05) is 32.5 Å². The lowest BCUT2D eigenvalue weighted by Gasteiger charge is -2.15. The lowest BCUT2D eigenvalue weighted by atomic mass is 10.1. The molecule has 0 bridgehead atoms. The Hall–Kier alpha value is -4.80. The first-order valence-corrected chi connectivity index (χ1v) is 12.8. The number of fused-ring (bicyclic) bond motifs is 3. The van der Waals surface area contributed by atoms with Gasteiger partial charge in [-0.15, -0.1) is 0 Å². The van der Waals surface area contributed by atoms with Gasteiger partial charge >= 0.3 is 0 Å². The van der Waals surface area contributed by atoms with Crippen LogP contribution in [-0.2, 0) is 0 Å². The maximum Gasteiger partial charge on any atom is 0.166 e. The Morgan fingerprint density at radius 3 is 1.50 bits per heavy atom. The van der Waals surface area contributed by atoms with E-state index in [4.69, 9.17) is 26.6 Å². The quantitative estimate of drug-likeness (QED) is 0.239. The maximum absolute atomic E-state index is 6.60. The van der Waals surface area contributed by atoms with Gasteiger partial charge in [0.25, 0.3) is 0 Å². The molecule has 0 aliphatic rings. The second kappa shape index (κ2) is 9.25. The molecule has 2 aromatic heterocycles. The summed E-state index contributed by atoms with van der Waals surface area (Å²) in [6.45, 7) is 0. The summed E-state index contributed by atoms with van der Waals surface area (Å²) < 4.78 is 2.27. The number of halogens is 1. The molecule has 0 spiro atoms. The molecule has 7 rings (SSSR count). The summed E-state index contributed by atoms with van der Waals surface area (Å²) in [6.07, 6.45) is 0. The van der Waals surface area contributed by atoms with Crippen LogP contribution in [0.25, 0.3) is 61.7 Å². The molecular formula is C33H21ClN4. The van der Waals surface area contributed by atoms with Crippen LogP contribution in [-0.4, -0.2) is 19.5 Å². The van der Waals surface area contributed by atoms with Gasteiger partial charge in [0.1, 0.15) is 0 Å². The van der Waals surface area contributed by atoms with Gasteiger partial charge < -0.3 is 4.57 Å². The molecule has 0 aliphatic carbocycles. The highest BCUT2D eigenvalue weighted by Crippen LogP contribution is 2.37. The van der Waals surface area contributed by atoms with Crippen molar-refractivity contribution in [2.75, 3.05) is 0 Å². The van der Waals surface area contributed by atoms with Gasteiger partial charge in [0.2, 0.25) is 0 Å². The molecule has 0 saturated heterocycles. The summed E-state index contributed by atoms with van der Waals surface area (Å²) >= 11 is 6.60. The van der Waals surface area contributed by atoms with Gasteiger partial charge in [-0.25, -0.2) is 15.0 Å². The average molecular weight is 509 g/mol. The molecule has 0 fully saturated rings. The normalized spacial score (nSPS) is 11.3. The largest absolute Gasteiger partial charge is 0.309 e. The Morgan fingerprint density at radius 1 is 0.474 bits per heavy atom. The minimum absolute atomic E-state index is 0.567. The third-order valence-electron chi connectivity index (χ3n) is 6.72. The van der Waals surface area contributed by atoms with E-state index in [0.29, 0.717) is 22.5 Å². The molecule has 0 atom stereocenters. The third kappa shape index (κ3) is 3.83. The van der Waals surface area contributed by atoms with Gasteiger partial charge in [-0.2, -0.15) is 0 Å². The lowest BCUT2D eigenvalue weighted by Crippen LogP contribution is -2.03. The number of para-hydroxylation sites is 2. The molecule has 5 aromatic carbocycles. The van der Waals surface area contributed by atoms with Crippen molar-refractivity contribution in [3.63, 3.8) is 0 Å². The lowest BCUT2D eigenvalue weighted by molar-refractivity contribution is 1.06. The fourth-order valence-electron chi connectivity index (χ4n) is 4.99. The summed E-state index contributed by atoms with van der Waals surface area (Å²) in [5.41, 5.74) is 5.86. The van der Waals surface area contributed by atoms with E-state index in [0.717, 1.165) is 33.4 Å². The van der Waals surface area contributed by atoms with Crippen molar-refractivity contribution >= 4 is 33.4 Å². The van der Waals surface area contributed by atoms with Crippen LogP contribution < -0.4 is 0 Å². The van der Waals surface area contributed by atoms with Crippen molar-refractivity contribution in [3.05, 3.63) is 132 Å². The van der Waals surface area contributed by atoms with Crippen LogP contribution in [0.3, 0.4) is 0 Å². The van der Waals surface area contributed by atoms with Gasteiger partial charge in [0.15, 0.2) is 17.5 Å². The van der Waals surface area contributed by atoms with Gasteiger partial charge in [-0.1, -0.05) is 109 Å². The molecule has 0 aliphatic heterocycles. The van der Waals surface area contributed by atoms with E-state index in [1.165, 1.54) is 10.8 Å². The third-order valence-corrected chi connectivity index (χ3v) is 6.95. The predicted molar refractivity (Wildman–Crippen MR) is 155 cm³/mol. The molecule has 0 N–H and O–H groups in total. The van der Waals surface area contributed by atoms with Crippen molar-refractivity contribution in [3.8, 4) is 39.9 Å². The maximum atomic E-state index is 6.60. The van der Waals surface area contributed by atoms with Crippen LogP contribution in [0.15, 0.2) is 127 Å². The summed E-state index contributed by atoms with van der Waals surface area (Å²) in [6, 6.07) is 42.8. The van der Waals surface area contributed by atoms with Gasteiger partial charge in [-0.05, 0) is 30.3 Å². The molecule has 0 amide bonds. The van der Waals surface area contributed by atoms with E-state index in [1.54, 1.807) is 0 Å². The number of hydrogen-bond donors (Lipinski definition) is 0. The Bertz CT molecular complexity index is 1820. The zero-order chi connectivity index (χ0) is 25.5. The molecule has 5 heteroatoms. The molecule has 0 radical (unpaired) electrons. The van der Waals surface area contributed by atoms with Crippen LogP contribution in [0.5, 0.6) is 0 Å². The number of hydrogen-bond acceptors (Lipinski definition) is 3. The van der Waals surface area contributed by atoms with Crippen molar-refractivity contribution in [2.24, 2.45) is 0 Å². The smallest absolute Gasteiger partial charge is 0.166 e. The van der Waals surface area contributed by atoms with Crippen molar-refractivity contribution in [2.45, 2.75) is 0 Å². The van der Waals surface area contributed by atoms with Crippen LogP contribution in [0.2, 0.25) is 5.02 Å². The molecular weight excluding hydrogens is 488 g/mol. The van der Waals surface area contributed by atoms with Crippen LogP contribution in [0, 0.1) is 0 Å². The Kier molecular flexibility index (Phi) is 5.46. The molecule has 4 nitrogen and oxygen atoms in total. The Balaban J connectivity index is 1.54. The second-order valence-corrected chi connectivity index (χ2v) is 9.51. The standard InChI is InChI=1S/C33H21ClN4/c34-24-19-20-30(38-28-17-9-7-15-25(28)26-16-8-10-18-29(26)38)27(21-24)33-36-31(22-11-3-1-4-12-22)35-32(37-33)23-13-5-2-6-14-23/h1-21H. The SMILES string of the molecule is Clc1ccc(-n2c3ccccc3c3ccccc32)c(-c2nc(-c3ccccc3)nc(-c3ccccc3)n2)c1. The Morgan fingerprint density at radius 2 is 0.947 bits per heavy atom. The Labute approximate surface area is 224 Å². The minimum atomic E-state index is 0.567. The number of nitrogens with zero attached hydrogens (tertiary/aromatic N) is 4. The van der Waals surface area contributed by atoms with Crippen LogP contribution >= 0.6 is 11.6 Å². The second-order valence-electron chi connectivity index (χ2n) is 9.07. The minimum Gasteiger partial charge on any atom is -0.309 e. The van der Waals surface area contributed by atoms with E-state index >= 15 is 0 Å². The number of aromatic nitrogens is 4. The molecule has 2 heterocycles. The number of rotatable bonds is 4. The van der Waals surface area contributed by atoms with Crippen LogP contribution in [0.4, 0.5) is 0 Å². The fraction of sp³-hybridized carbons (Fsp3) is 0. The highest BCUT2D eigenvalue weighted by Gasteiger charge is 2.19. The first kappa shape index (κ1) is 22.4. The zero-order valence-corrected chi connectivity index (χ0v) is 21.0. The number of benzene rings is 5. The monoisotopic (exact) mass is 508 g/mol. The summed E-state index contributed by atoms with van der Waals surface area (Å²) in [5.74, 6) is 1.79. The molecule has 38 heavy (non-hydrogen) atoms. The van der Waals surface area contributed by atoms with Crippen molar-refractivity contribution in [1.82, 2.24) is 19.5 Å². The van der Waals surface area contributed by atoms with E-state index in [2.05, 4.69) is 53.1 Å². The van der Waals surface area contributed by atoms with Gasteiger partial charge in [0.05, 0.1) is 16.7 Å². The van der Waals surface area contributed by atoms with E-state index in [-0.39, 0.29) is 0 Å². The predicted octanol–water partition coefficient (Wildman–Crippen LogP) is 8.62. The highest BCUT2D eigenvalue weighted by atomic mass is 35.5. The molecule has 0 unspecified atom stereocenters. The topological polar surface area (TPSA) is 43.6 Å². The molecule has 0 saturated carbocycles. The first-order chi connectivity index (χ1) is 18.8. The summed E-state index contributed by atoms with van der Waals surface area (Å²) in [4.78, 5) is 14.8. The summed E-state index contributed by atoms with van der Waals surface area (Å²) in [7, 11) is 0. The fourth-order valence-corrected chi connectivity index (χ4v) is 5.17. The van der Waals surface area contributed by atoms with E-state index in [1.807, 2.05) is 78.9 Å². The summed E-state index contributed by atoms with van der Waals surface area (Å²) in [5, 5.41) is 3.00. The van der Waals surface area contributed by atoms with Crippen LogP contribution in [0.1, 0.15) is 0 Å². The van der Waals surface area contributed by atoms with Crippen molar-refractivity contribution in [1.29, 1.82) is 0 Å². The van der Waals surface area contributed by atoms with E-state index in [9.17, 15) is 0 Å². The zero-order valence-electron chi connectivity index (χ0n) is 20.3.